The van der Waals surface area contributed by atoms with Gasteiger partial charge in [-0.2, -0.15) is 0 Å². The Morgan fingerprint density at radius 2 is 1.74 bits per heavy atom. The van der Waals surface area contributed by atoms with Crippen molar-refractivity contribution in [3.05, 3.63) is 41.3 Å². The zero-order valence-electron chi connectivity index (χ0n) is 15.2. The van der Waals surface area contributed by atoms with Gasteiger partial charge in [-0.1, -0.05) is 30.3 Å². The molecule has 0 saturated carbocycles. The van der Waals surface area contributed by atoms with E-state index in [-0.39, 0.29) is 30.0 Å². The van der Waals surface area contributed by atoms with Crippen molar-refractivity contribution >= 4 is 46.6 Å². The lowest BCUT2D eigenvalue weighted by Gasteiger charge is -2.06. The maximum Gasteiger partial charge on any atom is 0.350 e. The minimum atomic E-state index is -0.473. The first-order valence-electron chi connectivity index (χ1n) is 8.44. The summed E-state index contributed by atoms with van der Waals surface area (Å²) in [4.78, 5) is 37.0. The Bertz CT molecular complexity index is 789. The van der Waals surface area contributed by atoms with Gasteiger partial charge < -0.3 is 14.8 Å². The number of carbonyl (C=O) groups excluding carboxylic acids is 3. The number of ether oxygens (including phenoxy) is 2. The first-order chi connectivity index (χ1) is 13.0. The fraction of sp³-hybridized carbons (Fsp3) is 0.316. The first-order valence-corrected chi connectivity index (χ1v) is 10.4. The molecule has 0 aliphatic carbocycles. The molecule has 0 atom stereocenters. The largest absolute Gasteiger partial charge is 0.465 e. The third-order valence-electron chi connectivity index (χ3n) is 3.28. The van der Waals surface area contributed by atoms with Gasteiger partial charge in [0.05, 0.1) is 30.4 Å². The number of thiophene rings is 1. The molecule has 1 N–H and O–H groups in total. The van der Waals surface area contributed by atoms with Crippen LogP contribution in [0, 0.1) is 0 Å². The third kappa shape index (κ3) is 6.41. The third-order valence-corrected chi connectivity index (χ3v) is 5.35. The van der Waals surface area contributed by atoms with Crippen molar-refractivity contribution in [1.29, 1.82) is 0 Å². The minimum Gasteiger partial charge on any atom is -0.465 e. The molecule has 0 aliphatic rings. The summed E-state index contributed by atoms with van der Waals surface area (Å²) in [6, 6.07) is 11.4. The van der Waals surface area contributed by atoms with Gasteiger partial charge in [0.2, 0.25) is 5.91 Å². The lowest BCUT2D eigenvalue weighted by Crippen LogP contribution is -2.17. The van der Waals surface area contributed by atoms with E-state index in [0.717, 1.165) is 22.2 Å². The molecule has 8 heteroatoms. The molecule has 27 heavy (non-hydrogen) atoms. The van der Waals surface area contributed by atoms with Crippen LogP contribution in [0.5, 0.6) is 0 Å². The number of benzene rings is 1. The monoisotopic (exact) mass is 407 g/mol. The van der Waals surface area contributed by atoms with Crippen LogP contribution in [0.2, 0.25) is 0 Å². The van der Waals surface area contributed by atoms with Crippen LogP contribution in [-0.2, 0) is 19.1 Å². The summed E-state index contributed by atoms with van der Waals surface area (Å²) in [5.41, 5.74) is 1.37. The Hall–Kier alpha value is -2.32. The molecule has 144 valence electrons. The smallest absolute Gasteiger partial charge is 0.350 e. The van der Waals surface area contributed by atoms with E-state index >= 15 is 0 Å². The molecule has 0 radical (unpaired) electrons. The van der Waals surface area contributed by atoms with Gasteiger partial charge >= 0.3 is 11.9 Å². The molecule has 1 heterocycles. The minimum absolute atomic E-state index is 0.0809. The SMILES string of the molecule is CCOC(=O)CSCC(=O)Nc1cc(-c2ccccc2)sc1C(=O)OCC. The van der Waals surface area contributed by atoms with Gasteiger partial charge in [-0.25, -0.2) is 4.79 Å². The van der Waals surface area contributed by atoms with E-state index in [1.54, 1.807) is 19.9 Å². The Labute approximate surface area is 166 Å². The number of rotatable bonds is 9. The van der Waals surface area contributed by atoms with Gasteiger partial charge in [0.15, 0.2) is 0 Å². The van der Waals surface area contributed by atoms with Crippen LogP contribution in [0.1, 0.15) is 23.5 Å². The number of thioether (sulfide) groups is 1. The average molecular weight is 408 g/mol. The topological polar surface area (TPSA) is 81.7 Å². The van der Waals surface area contributed by atoms with Crippen LogP contribution in [0.25, 0.3) is 10.4 Å². The Morgan fingerprint density at radius 1 is 1.04 bits per heavy atom. The number of anilines is 1. The highest BCUT2D eigenvalue weighted by atomic mass is 32.2. The zero-order valence-corrected chi connectivity index (χ0v) is 16.8. The van der Waals surface area contributed by atoms with Crippen molar-refractivity contribution in [3.63, 3.8) is 0 Å². The van der Waals surface area contributed by atoms with Crippen LogP contribution >= 0.6 is 23.1 Å². The predicted octanol–water partition coefficient (Wildman–Crippen LogP) is 3.83. The van der Waals surface area contributed by atoms with Crippen molar-refractivity contribution in [2.24, 2.45) is 0 Å². The number of hydrogen-bond acceptors (Lipinski definition) is 7. The van der Waals surface area contributed by atoms with Gasteiger partial charge in [0.25, 0.3) is 0 Å². The van der Waals surface area contributed by atoms with Crippen molar-refractivity contribution in [2.45, 2.75) is 13.8 Å². The van der Waals surface area contributed by atoms with E-state index in [2.05, 4.69) is 5.32 Å². The molecule has 0 fully saturated rings. The van der Waals surface area contributed by atoms with Crippen molar-refractivity contribution in [1.82, 2.24) is 0 Å². The average Bonchev–Trinajstić information content (AvgIpc) is 3.07. The second-order valence-corrected chi connectivity index (χ2v) is 7.32. The highest BCUT2D eigenvalue weighted by Gasteiger charge is 2.20. The Kier molecular flexibility index (Phi) is 8.35. The standard InChI is InChI=1S/C19H21NO5S2/c1-3-24-17(22)12-26-11-16(21)20-14-10-15(13-8-6-5-7-9-13)27-18(14)19(23)25-4-2/h5-10H,3-4,11-12H2,1-2H3,(H,20,21). The van der Waals surface area contributed by atoms with E-state index in [9.17, 15) is 14.4 Å². The fourth-order valence-corrected chi connectivity index (χ4v) is 3.82. The second kappa shape index (κ2) is 10.7. The summed E-state index contributed by atoms with van der Waals surface area (Å²) in [7, 11) is 0. The first kappa shape index (κ1) is 21.0. The molecular weight excluding hydrogens is 386 g/mol. The molecule has 2 rings (SSSR count). The maximum absolute atomic E-state index is 12.2. The number of hydrogen-bond donors (Lipinski definition) is 1. The van der Waals surface area contributed by atoms with E-state index in [1.807, 2.05) is 30.3 Å². The molecule has 1 aromatic heterocycles. The van der Waals surface area contributed by atoms with Crippen LogP contribution in [-0.4, -0.2) is 42.6 Å². The molecular formula is C19H21NO5S2. The van der Waals surface area contributed by atoms with Crippen LogP contribution in [0.3, 0.4) is 0 Å². The van der Waals surface area contributed by atoms with Crippen LogP contribution < -0.4 is 5.32 Å². The number of nitrogens with one attached hydrogen (secondary N) is 1. The number of amides is 1. The van der Waals surface area contributed by atoms with Crippen molar-refractivity contribution in [2.75, 3.05) is 30.0 Å². The molecule has 2 aromatic rings. The highest BCUT2D eigenvalue weighted by molar-refractivity contribution is 8.00. The lowest BCUT2D eigenvalue weighted by molar-refractivity contribution is -0.139. The molecule has 0 bridgehead atoms. The van der Waals surface area contributed by atoms with E-state index in [0.29, 0.717) is 17.2 Å². The second-order valence-electron chi connectivity index (χ2n) is 5.29. The molecule has 1 amide bonds. The van der Waals surface area contributed by atoms with E-state index in [1.165, 1.54) is 11.3 Å². The van der Waals surface area contributed by atoms with E-state index < -0.39 is 5.97 Å². The molecule has 0 saturated heterocycles. The maximum atomic E-state index is 12.2. The number of esters is 2. The summed E-state index contributed by atoms with van der Waals surface area (Å²) in [6.45, 7) is 4.02. The molecule has 0 spiro atoms. The van der Waals surface area contributed by atoms with Crippen molar-refractivity contribution in [3.8, 4) is 10.4 Å². The molecule has 1 aromatic carbocycles. The predicted molar refractivity (Wildman–Crippen MR) is 108 cm³/mol. The quantitative estimate of drug-likeness (QED) is 0.636. The van der Waals surface area contributed by atoms with Gasteiger partial charge in [-0.05, 0) is 25.5 Å². The lowest BCUT2D eigenvalue weighted by atomic mass is 10.2. The van der Waals surface area contributed by atoms with E-state index in [4.69, 9.17) is 9.47 Å². The summed E-state index contributed by atoms with van der Waals surface area (Å²) in [6.07, 6.45) is 0. The zero-order chi connectivity index (χ0) is 19.6. The van der Waals surface area contributed by atoms with Gasteiger partial charge in [0, 0.05) is 4.88 Å². The van der Waals surface area contributed by atoms with Gasteiger partial charge in [0.1, 0.15) is 4.88 Å². The number of carbonyl (C=O) groups is 3. The summed E-state index contributed by atoms with van der Waals surface area (Å²) in [5.74, 6) is -0.946. The Balaban J connectivity index is 2.09. The fourth-order valence-electron chi connectivity index (χ4n) is 2.19. The summed E-state index contributed by atoms with van der Waals surface area (Å²) >= 11 is 2.42. The molecule has 0 aliphatic heterocycles. The van der Waals surface area contributed by atoms with Gasteiger partial charge in [-0.15, -0.1) is 23.1 Å². The summed E-state index contributed by atoms with van der Waals surface area (Å²) in [5, 5.41) is 2.74. The van der Waals surface area contributed by atoms with Crippen LogP contribution in [0.4, 0.5) is 5.69 Å². The summed E-state index contributed by atoms with van der Waals surface area (Å²) < 4.78 is 9.91. The molecule has 0 unspecified atom stereocenters. The van der Waals surface area contributed by atoms with Crippen molar-refractivity contribution < 1.29 is 23.9 Å². The normalized spacial score (nSPS) is 10.3. The molecule has 6 nitrogen and oxygen atoms in total. The Morgan fingerprint density at radius 3 is 2.41 bits per heavy atom. The highest BCUT2D eigenvalue weighted by Crippen LogP contribution is 2.35. The van der Waals surface area contributed by atoms with Gasteiger partial charge in [-0.3, -0.25) is 9.59 Å². The van der Waals surface area contributed by atoms with Crippen LogP contribution in [0.15, 0.2) is 36.4 Å².